The minimum absolute atomic E-state index is 0.178. The number of hydrogen-bond acceptors (Lipinski definition) is 4. The van der Waals surface area contributed by atoms with Crippen molar-refractivity contribution in [1.82, 2.24) is 8.61 Å². The predicted molar refractivity (Wildman–Crippen MR) is 104 cm³/mol. The van der Waals surface area contributed by atoms with Gasteiger partial charge in [-0.2, -0.15) is 17.0 Å². The molecule has 0 spiro atoms. The van der Waals surface area contributed by atoms with E-state index in [4.69, 9.17) is 4.74 Å². The number of methoxy groups -OCH3 is 1. The molecule has 0 aliphatic carbocycles. The van der Waals surface area contributed by atoms with E-state index in [1.807, 2.05) is 31.2 Å². The summed E-state index contributed by atoms with van der Waals surface area (Å²) >= 11 is 0. The van der Waals surface area contributed by atoms with Crippen LogP contribution in [0.3, 0.4) is 0 Å². The third kappa shape index (κ3) is 4.37. The molecule has 2 aromatic rings. The molecular weight excluding hydrogens is 364 g/mol. The van der Waals surface area contributed by atoms with Gasteiger partial charge in [0.1, 0.15) is 12.0 Å². The highest BCUT2D eigenvalue weighted by Crippen LogP contribution is 2.26. The summed E-state index contributed by atoms with van der Waals surface area (Å²) in [6.07, 6.45) is 1.50. The number of ether oxygens (including phenoxy) is 1. The van der Waals surface area contributed by atoms with Crippen LogP contribution in [0.1, 0.15) is 33.5 Å². The predicted octanol–water partition coefficient (Wildman–Crippen LogP) is 2.77. The first-order valence-electron chi connectivity index (χ1n) is 8.87. The van der Waals surface area contributed by atoms with Gasteiger partial charge in [0.15, 0.2) is 0 Å². The zero-order chi connectivity index (χ0) is 19.4. The van der Waals surface area contributed by atoms with Gasteiger partial charge in [-0.05, 0) is 37.1 Å². The number of hydrogen-bond donors (Lipinski definition) is 0. The molecule has 0 bridgehead atoms. The van der Waals surface area contributed by atoms with Gasteiger partial charge >= 0.3 is 0 Å². The first kappa shape index (κ1) is 19.5. The van der Waals surface area contributed by atoms with E-state index in [0.29, 0.717) is 36.5 Å². The Morgan fingerprint density at radius 1 is 1.04 bits per heavy atom. The minimum Gasteiger partial charge on any atom is -0.496 e. The summed E-state index contributed by atoms with van der Waals surface area (Å²) in [4.78, 5) is 11.1. The fourth-order valence-corrected chi connectivity index (χ4v) is 4.88. The highest BCUT2D eigenvalue weighted by atomic mass is 32.2. The van der Waals surface area contributed by atoms with Crippen LogP contribution in [0.5, 0.6) is 5.75 Å². The van der Waals surface area contributed by atoms with Gasteiger partial charge in [0.25, 0.3) is 10.2 Å². The molecule has 144 valence electrons. The van der Waals surface area contributed by atoms with E-state index in [1.165, 1.54) is 15.7 Å². The van der Waals surface area contributed by atoms with Crippen LogP contribution in [0, 0.1) is 6.92 Å². The fourth-order valence-electron chi connectivity index (χ4n) is 3.22. The zero-order valence-corrected chi connectivity index (χ0v) is 16.4. The Labute approximate surface area is 160 Å². The Hall–Kier alpha value is -2.22. The molecule has 0 aromatic heterocycles. The van der Waals surface area contributed by atoms with Crippen LogP contribution < -0.4 is 4.74 Å². The second-order valence-corrected chi connectivity index (χ2v) is 8.63. The van der Waals surface area contributed by atoms with E-state index in [1.54, 1.807) is 18.2 Å². The minimum atomic E-state index is -3.59. The second kappa shape index (κ2) is 8.21. The number of aryl methyl sites for hydroxylation is 1. The molecule has 0 amide bonds. The molecule has 1 aliphatic rings. The number of benzene rings is 2. The maximum atomic E-state index is 13.1. The molecule has 0 unspecified atom stereocenters. The topological polar surface area (TPSA) is 66.9 Å². The van der Waals surface area contributed by atoms with Crippen molar-refractivity contribution in [2.45, 2.75) is 26.4 Å². The fraction of sp³-hybridized carbons (Fsp3) is 0.350. The molecule has 0 atom stereocenters. The molecular formula is C20H24N2O4S. The lowest BCUT2D eigenvalue weighted by Crippen LogP contribution is -2.48. The Kier molecular flexibility index (Phi) is 5.94. The van der Waals surface area contributed by atoms with E-state index in [2.05, 4.69) is 0 Å². The first-order chi connectivity index (χ1) is 12.9. The van der Waals surface area contributed by atoms with Crippen LogP contribution in [0.15, 0.2) is 42.5 Å². The molecule has 1 saturated heterocycles. The summed E-state index contributed by atoms with van der Waals surface area (Å²) in [6, 6.07) is 12.9. The lowest BCUT2D eigenvalue weighted by molar-refractivity contribution is 0.112. The Bertz CT molecular complexity index is 910. The number of carbonyl (C=O) groups excluding carboxylic acids is 1. The molecule has 1 fully saturated rings. The average Bonchev–Trinajstić information content (AvgIpc) is 2.66. The zero-order valence-electron chi connectivity index (χ0n) is 15.6. The molecule has 7 heteroatoms. The monoisotopic (exact) mass is 388 g/mol. The molecule has 0 N–H and O–H groups in total. The Balaban J connectivity index is 1.82. The highest BCUT2D eigenvalue weighted by Gasteiger charge is 2.34. The van der Waals surface area contributed by atoms with Gasteiger partial charge in [0.2, 0.25) is 0 Å². The van der Waals surface area contributed by atoms with Crippen molar-refractivity contribution in [1.29, 1.82) is 0 Å². The summed E-state index contributed by atoms with van der Waals surface area (Å²) in [7, 11) is -2.06. The van der Waals surface area contributed by atoms with E-state index < -0.39 is 10.2 Å². The van der Waals surface area contributed by atoms with Gasteiger partial charge in [0, 0.05) is 37.3 Å². The highest BCUT2D eigenvalue weighted by molar-refractivity contribution is 7.86. The molecule has 1 aliphatic heterocycles. The van der Waals surface area contributed by atoms with Crippen molar-refractivity contribution >= 4 is 16.5 Å². The molecule has 27 heavy (non-hydrogen) atoms. The lowest BCUT2D eigenvalue weighted by Gasteiger charge is -2.35. The van der Waals surface area contributed by atoms with Crippen molar-refractivity contribution in [2.75, 3.05) is 20.2 Å². The SMILES string of the molecule is COc1ccc(C=O)cc1CN1CCCN(Cc2ccc(C)cc2)S1(=O)=O. The van der Waals surface area contributed by atoms with E-state index >= 15 is 0 Å². The third-order valence-corrected chi connectivity index (χ3v) is 6.66. The van der Waals surface area contributed by atoms with Crippen LogP contribution in [0.2, 0.25) is 0 Å². The Morgan fingerprint density at radius 2 is 1.70 bits per heavy atom. The summed E-state index contributed by atoms with van der Waals surface area (Å²) < 4.78 is 34.5. The molecule has 6 nitrogen and oxygen atoms in total. The van der Waals surface area contributed by atoms with Gasteiger partial charge < -0.3 is 4.74 Å². The van der Waals surface area contributed by atoms with Crippen molar-refractivity contribution in [2.24, 2.45) is 0 Å². The number of rotatable bonds is 6. The van der Waals surface area contributed by atoms with Gasteiger partial charge in [-0.1, -0.05) is 29.8 Å². The molecule has 0 saturated carbocycles. The quantitative estimate of drug-likeness (QED) is 0.714. The second-order valence-electron chi connectivity index (χ2n) is 6.70. The van der Waals surface area contributed by atoms with Crippen molar-refractivity contribution < 1.29 is 17.9 Å². The third-order valence-electron chi connectivity index (χ3n) is 4.73. The van der Waals surface area contributed by atoms with Crippen molar-refractivity contribution in [3.05, 3.63) is 64.7 Å². The summed E-state index contributed by atoms with van der Waals surface area (Å²) in [5.41, 5.74) is 3.29. The lowest BCUT2D eigenvalue weighted by atomic mass is 10.1. The maximum Gasteiger partial charge on any atom is 0.282 e. The van der Waals surface area contributed by atoms with Crippen LogP contribution in [0.4, 0.5) is 0 Å². The van der Waals surface area contributed by atoms with Crippen LogP contribution in [-0.2, 0) is 23.3 Å². The van der Waals surface area contributed by atoms with Crippen molar-refractivity contribution in [3.8, 4) is 5.75 Å². The van der Waals surface area contributed by atoms with E-state index in [0.717, 1.165) is 23.8 Å². The largest absolute Gasteiger partial charge is 0.496 e. The van der Waals surface area contributed by atoms with Crippen LogP contribution in [-0.4, -0.2) is 43.5 Å². The van der Waals surface area contributed by atoms with E-state index in [-0.39, 0.29) is 6.54 Å². The van der Waals surface area contributed by atoms with Gasteiger partial charge in [-0.3, -0.25) is 4.79 Å². The summed E-state index contributed by atoms with van der Waals surface area (Å²) in [5.74, 6) is 0.575. The van der Waals surface area contributed by atoms with Crippen LogP contribution >= 0.6 is 0 Å². The molecule has 3 rings (SSSR count). The first-order valence-corrected chi connectivity index (χ1v) is 10.3. The molecule has 1 heterocycles. The van der Waals surface area contributed by atoms with Gasteiger partial charge in [-0.15, -0.1) is 0 Å². The summed E-state index contributed by atoms with van der Waals surface area (Å²) in [5, 5.41) is 0. The average molecular weight is 388 g/mol. The smallest absolute Gasteiger partial charge is 0.282 e. The van der Waals surface area contributed by atoms with Crippen molar-refractivity contribution in [3.63, 3.8) is 0 Å². The standard InChI is InChI=1S/C20H24N2O4S/c1-16-4-6-17(7-5-16)13-21-10-3-11-22(27(21,24)25)14-19-12-18(15-23)8-9-20(19)26-2/h4-9,12,15H,3,10-11,13-14H2,1-2H3. The maximum absolute atomic E-state index is 13.1. The summed E-state index contributed by atoms with van der Waals surface area (Å²) in [6.45, 7) is 3.48. The Morgan fingerprint density at radius 3 is 2.33 bits per heavy atom. The number of aldehydes is 1. The van der Waals surface area contributed by atoms with Gasteiger partial charge in [0.05, 0.1) is 7.11 Å². The molecule has 2 aromatic carbocycles. The number of nitrogens with zero attached hydrogens (tertiary/aromatic N) is 2. The number of carbonyl (C=O) groups is 1. The van der Waals surface area contributed by atoms with Crippen LogP contribution in [0.25, 0.3) is 0 Å². The normalized spacial score (nSPS) is 17.6. The van der Waals surface area contributed by atoms with E-state index in [9.17, 15) is 13.2 Å². The van der Waals surface area contributed by atoms with Gasteiger partial charge in [-0.25, -0.2) is 0 Å². The molecule has 0 radical (unpaired) electrons.